The van der Waals surface area contributed by atoms with E-state index in [0.29, 0.717) is 5.69 Å². The zero-order valence-electron chi connectivity index (χ0n) is 11.4. The van der Waals surface area contributed by atoms with Crippen LogP contribution in [0.15, 0.2) is 58.8 Å². The molecule has 3 N–H and O–H groups in total. The van der Waals surface area contributed by atoms with Crippen molar-refractivity contribution in [3.05, 3.63) is 54.1 Å². The van der Waals surface area contributed by atoms with Gasteiger partial charge in [-0.3, -0.25) is 9.59 Å². The quantitative estimate of drug-likeness (QED) is 0.737. The summed E-state index contributed by atoms with van der Waals surface area (Å²) >= 11 is 0. The molecule has 0 aliphatic heterocycles. The lowest BCUT2D eigenvalue weighted by atomic mass is 10.1. The molecule has 0 atom stereocenters. The van der Waals surface area contributed by atoms with Crippen molar-refractivity contribution >= 4 is 23.3 Å². The number of carbonyl (C=O) groups excluding carboxylic acids is 1. The number of aromatic hydroxyl groups is 1. The van der Waals surface area contributed by atoms with Crippen LogP contribution >= 0.6 is 0 Å². The van der Waals surface area contributed by atoms with Crippen LogP contribution in [0.2, 0.25) is 0 Å². The molecular formula is C15H13N3O4. The van der Waals surface area contributed by atoms with Gasteiger partial charge in [0.25, 0.3) is 5.91 Å². The number of hydrogen-bond acceptors (Lipinski definition) is 5. The van der Waals surface area contributed by atoms with Crippen LogP contribution in [0.4, 0.5) is 11.4 Å². The largest absolute Gasteiger partial charge is 0.508 e. The number of amides is 1. The van der Waals surface area contributed by atoms with Gasteiger partial charge >= 0.3 is 5.97 Å². The smallest absolute Gasteiger partial charge is 0.322 e. The summed E-state index contributed by atoms with van der Waals surface area (Å²) in [4.78, 5) is 22.4. The van der Waals surface area contributed by atoms with Gasteiger partial charge < -0.3 is 15.5 Å². The molecule has 0 aliphatic carbocycles. The highest BCUT2D eigenvalue weighted by Gasteiger charge is 2.13. The van der Waals surface area contributed by atoms with Crippen molar-refractivity contribution in [3.8, 4) is 5.75 Å². The van der Waals surface area contributed by atoms with Crippen molar-refractivity contribution in [1.29, 1.82) is 0 Å². The van der Waals surface area contributed by atoms with Crippen LogP contribution in [-0.2, 0) is 4.79 Å². The lowest BCUT2D eigenvalue weighted by Gasteiger charge is -2.05. The number of aliphatic carboxylic acids is 1. The van der Waals surface area contributed by atoms with Crippen molar-refractivity contribution in [2.45, 2.75) is 0 Å². The first-order valence-electron chi connectivity index (χ1n) is 6.36. The Morgan fingerprint density at radius 2 is 1.77 bits per heavy atom. The summed E-state index contributed by atoms with van der Waals surface area (Å²) in [6.07, 6.45) is 0. The average Bonchev–Trinajstić information content (AvgIpc) is 2.52. The number of azo groups is 1. The zero-order chi connectivity index (χ0) is 15.9. The van der Waals surface area contributed by atoms with E-state index in [1.807, 2.05) is 6.07 Å². The van der Waals surface area contributed by atoms with Gasteiger partial charge in [-0.15, -0.1) is 5.11 Å². The number of phenolic OH excluding ortho intramolecular Hbond substituents is 1. The maximum Gasteiger partial charge on any atom is 0.322 e. The van der Waals surface area contributed by atoms with Gasteiger partial charge in [0, 0.05) is 0 Å². The molecule has 7 heteroatoms. The van der Waals surface area contributed by atoms with Gasteiger partial charge in [-0.1, -0.05) is 18.2 Å². The molecule has 7 nitrogen and oxygen atoms in total. The van der Waals surface area contributed by atoms with Crippen molar-refractivity contribution in [2.75, 3.05) is 6.54 Å². The molecule has 0 bridgehead atoms. The Labute approximate surface area is 125 Å². The first-order chi connectivity index (χ1) is 10.6. The molecule has 0 spiro atoms. The van der Waals surface area contributed by atoms with E-state index in [2.05, 4.69) is 15.5 Å². The minimum Gasteiger partial charge on any atom is -0.508 e. The lowest BCUT2D eigenvalue weighted by Crippen LogP contribution is -2.29. The molecule has 22 heavy (non-hydrogen) atoms. The molecule has 2 aromatic rings. The van der Waals surface area contributed by atoms with E-state index in [1.165, 1.54) is 18.2 Å². The molecule has 0 fully saturated rings. The van der Waals surface area contributed by atoms with Crippen LogP contribution in [-0.4, -0.2) is 28.6 Å². The fraction of sp³-hybridized carbons (Fsp3) is 0.0667. The molecule has 1 amide bonds. The Kier molecular flexibility index (Phi) is 4.81. The molecular weight excluding hydrogens is 286 g/mol. The standard InChI is InChI=1S/C15H13N3O4/c19-11-6-7-13(18-17-10-4-2-1-3-5-10)12(8-11)15(22)16-9-14(20)21/h1-8,19H,9H2,(H,16,22)(H,20,21). The maximum absolute atomic E-state index is 11.9. The normalized spacial score (nSPS) is 10.5. The molecule has 0 aromatic heterocycles. The summed E-state index contributed by atoms with van der Waals surface area (Å²) in [5.74, 6) is -1.94. The van der Waals surface area contributed by atoms with Gasteiger partial charge in [0.1, 0.15) is 12.3 Å². The SMILES string of the molecule is O=C(O)CNC(=O)c1cc(O)ccc1N=Nc1ccccc1. The van der Waals surface area contributed by atoms with Crippen LogP contribution in [0.1, 0.15) is 10.4 Å². The number of phenols is 1. The topological polar surface area (TPSA) is 111 Å². The molecule has 0 heterocycles. The number of rotatable bonds is 5. The van der Waals surface area contributed by atoms with Crippen molar-refractivity contribution < 1.29 is 19.8 Å². The van der Waals surface area contributed by atoms with E-state index in [4.69, 9.17) is 5.11 Å². The van der Waals surface area contributed by atoms with Crippen LogP contribution in [0, 0.1) is 0 Å². The first-order valence-corrected chi connectivity index (χ1v) is 6.36. The highest BCUT2D eigenvalue weighted by atomic mass is 16.4. The third kappa shape index (κ3) is 4.14. The number of carbonyl (C=O) groups is 2. The monoisotopic (exact) mass is 299 g/mol. The number of nitrogens with one attached hydrogen (secondary N) is 1. The zero-order valence-corrected chi connectivity index (χ0v) is 11.4. The summed E-state index contributed by atoms with van der Waals surface area (Å²) in [5.41, 5.74) is 0.873. The van der Waals surface area contributed by atoms with Crippen molar-refractivity contribution in [2.24, 2.45) is 10.2 Å². The molecule has 0 radical (unpaired) electrons. The second kappa shape index (κ2) is 6.98. The minimum absolute atomic E-state index is 0.0425. The molecule has 0 aliphatic rings. The van der Waals surface area contributed by atoms with E-state index in [9.17, 15) is 14.7 Å². The highest BCUT2D eigenvalue weighted by molar-refractivity contribution is 6.00. The molecule has 0 saturated carbocycles. The number of benzene rings is 2. The van der Waals surface area contributed by atoms with Crippen LogP contribution in [0.3, 0.4) is 0 Å². The van der Waals surface area contributed by atoms with Crippen LogP contribution in [0.25, 0.3) is 0 Å². The molecule has 112 valence electrons. The lowest BCUT2D eigenvalue weighted by molar-refractivity contribution is -0.135. The van der Waals surface area contributed by atoms with Gasteiger partial charge in [-0.2, -0.15) is 5.11 Å². The van der Waals surface area contributed by atoms with Gasteiger partial charge in [0.05, 0.1) is 16.9 Å². The number of nitrogens with zero attached hydrogens (tertiary/aromatic N) is 2. The van der Waals surface area contributed by atoms with E-state index >= 15 is 0 Å². The number of hydrogen-bond donors (Lipinski definition) is 3. The summed E-state index contributed by atoms with van der Waals surface area (Å²) < 4.78 is 0. The minimum atomic E-state index is -1.17. The molecule has 2 rings (SSSR count). The van der Waals surface area contributed by atoms with E-state index in [-0.39, 0.29) is 17.0 Å². The molecule has 2 aromatic carbocycles. The average molecular weight is 299 g/mol. The second-order valence-electron chi connectivity index (χ2n) is 4.31. The Morgan fingerprint density at radius 1 is 1.05 bits per heavy atom. The van der Waals surface area contributed by atoms with Crippen LogP contribution < -0.4 is 5.32 Å². The van der Waals surface area contributed by atoms with E-state index in [0.717, 1.165) is 0 Å². The number of carboxylic acids is 1. The van der Waals surface area contributed by atoms with E-state index in [1.54, 1.807) is 24.3 Å². The van der Waals surface area contributed by atoms with Crippen molar-refractivity contribution in [1.82, 2.24) is 5.32 Å². The molecule has 0 unspecified atom stereocenters. The fourth-order valence-electron chi connectivity index (χ4n) is 1.65. The van der Waals surface area contributed by atoms with E-state index < -0.39 is 18.4 Å². The Morgan fingerprint density at radius 3 is 2.45 bits per heavy atom. The Balaban J connectivity index is 2.26. The summed E-state index contributed by atoms with van der Waals surface area (Å²) in [7, 11) is 0. The second-order valence-corrected chi connectivity index (χ2v) is 4.31. The Bertz CT molecular complexity index is 714. The van der Waals surface area contributed by atoms with Crippen molar-refractivity contribution in [3.63, 3.8) is 0 Å². The summed E-state index contributed by atoms with van der Waals surface area (Å²) in [6.45, 7) is -0.524. The predicted octanol–water partition coefficient (Wildman–Crippen LogP) is 2.62. The first kappa shape index (κ1) is 15.2. The van der Waals surface area contributed by atoms with Gasteiger partial charge in [-0.05, 0) is 30.3 Å². The highest BCUT2D eigenvalue weighted by Crippen LogP contribution is 2.26. The molecule has 0 saturated heterocycles. The summed E-state index contributed by atoms with van der Waals surface area (Å²) in [5, 5.41) is 28.2. The summed E-state index contributed by atoms with van der Waals surface area (Å²) in [6, 6.07) is 12.9. The fourth-order valence-corrected chi connectivity index (χ4v) is 1.65. The third-order valence-corrected chi connectivity index (χ3v) is 2.65. The van der Waals surface area contributed by atoms with Gasteiger partial charge in [0.2, 0.25) is 0 Å². The van der Waals surface area contributed by atoms with Crippen LogP contribution in [0.5, 0.6) is 5.75 Å². The predicted molar refractivity (Wildman–Crippen MR) is 78.7 cm³/mol. The van der Waals surface area contributed by atoms with Gasteiger partial charge in [-0.25, -0.2) is 0 Å². The third-order valence-electron chi connectivity index (χ3n) is 2.65. The maximum atomic E-state index is 11.9. The Hall–Kier alpha value is -3.22. The number of carboxylic acid groups (broad SMARTS) is 1. The van der Waals surface area contributed by atoms with Gasteiger partial charge in [0.15, 0.2) is 0 Å².